The summed E-state index contributed by atoms with van der Waals surface area (Å²) in [5.74, 6) is 1.68. The maximum atomic E-state index is 3.95. The van der Waals surface area contributed by atoms with Crippen LogP contribution < -0.4 is 5.32 Å². The maximum Gasteiger partial charge on any atom is 0.0490 e. The second-order valence-corrected chi connectivity index (χ2v) is 4.96. The third-order valence-corrected chi connectivity index (χ3v) is 3.57. The summed E-state index contributed by atoms with van der Waals surface area (Å²) in [6.45, 7) is 5.63. The van der Waals surface area contributed by atoms with Gasteiger partial charge in [0.1, 0.15) is 0 Å². The first-order valence-electron chi connectivity index (χ1n) is 5.97. The highest BCUT2D eigenvalue weighted by Gasteiger charge is 2.24. The van der Waals surface area contributed by atoms with E-state index in [1.54, 1.807) is 0 Å². The number of aromatic nitrogens is 2. The number of nitrogens with zero attached hydrogens (tertiary/aromatic N) is 1. The molecule has 0 amide bonds. The summed E-state index contributed by atoms with van der Waals surface area (Å²) in [7, 11) is 0. The number of hydrogen-bond acceptors (Lipinski definition) is 2. The molecule has 15 heavy (non-hydrogen) atoms. The molecule has 1 aliphatic rings. The lowest BCUT2D eigenvalue weighted by Crippen LogP contribution is -2.39. The number of rotatable bonds is 3. The minimum atomic E-state index is 0.678. The molecule has 3 unspecified atom stereocenters. The van der Waals surface area contributed by atoms with Gasteiger partial charge in [0.25, 0.3) is 0 Å². The summed E-state index contributed by atoms with van der Waals surface area (Å²) in [5.41, 5.74) is 1.18. The molecule has 1 fully saturated rings. The van der Waals surface area contributed by atoms with Crippen molar-refractivity contribution in [1.29, 1.82) is 0 Å². The summed E-state index contributed by atoms with van der Waals surface area (Å²) in [5, 5.41) is 10.6. The monoisotopic (exact) mass is 207 g/mol. The Morgan fingerprint density at radius 3 is 3.07 bits per heavy atom. The second kappa shape index (κ2) is 4.79. The van der Waals surface area contributed by atoms with Crippen molar-refractivity contribution in [2.24, 2.45) is 11.8 Å². The lowest BCUT2D eigenvalue weighted by Gasteiger charge is -2.33. The van der Waals surface area contributed by atoms with Crippen LogP contribution >= 0.6 is 0 Å². The Labute approximate surface area is 91.7 Å². The molecule has 2 N–H and O–H groups in total. The molecule has 84 valence electrons. The predicted octanol–water partition coefficient (Wildman–Crippen LogP) is 2.32. The molecular formula is C12H21N3. The van der Waals surface area contributed by atoms with Gasteiger partial charge in [-0.15, -0.1) is 0 Å². The van der Waals surface area contributed by atoms with E-state index in [4.69, 9.17) is 0 Å². The Morgan fingerprint density at radius 2 is 2.33 bits per heavy atom. The third kappa shape index (κ3) is 2.81. The van der Waals surface area contributed by atoms with Crippen LogP contribution in [0, 0.1) is 11.8 Å². The first-order chi connectivity index (χ1) is 7.25. The van der Waals surface area contributed by atoms with E-state index in [2.05, 4.69) is 29.4 Å². The Morgan fingerprint density at radius 1 is 1.47 bits per heavy atom. The predicted molar refractivity (Wildman–Crippen MR) is 61.4 cm³/mol. The normalized spacial score (nSPS) is 31.7. The highest BCUT2D eigenvalue weighted by atomic mass is 15.1. The van der Waals surface area contributed by atoms with Crippen LogP contribution in [0.5, 0.6) is 0 Å². The molecule has 0 radical (unpaired) electrons. The molecule has 0 spiro atoms. The van der Waals surface area contributed by atoms with E-state index in [-0.39, 0.29) is 0 Å². The van der Waals surface area contributed by atoms with Crippen LogP contribution in [0.2, 0.25) is 0 Å². The fourth-order valence-corrected chi connectivity index (χ4v) is 2.44. The van der Waals surface area contributed by atoms with E-state index >= 15 is 0 Å². The van der Waals surface area contributed by atoms with Crippen molar-refractivity contribution in [3.8, 4) is 0 Å². The zero-order valence-electron chi connectivity index (χ0n) is 9.66. The lowest BCUT2D eigenvalue weighted by atomic mass is 9.80. The van der Waals surface area contributed by atoms with Crippen molar-refractivity contribution in [2.75, 3.05) is 0 Å². The van der Waals surface area contributed by atoms with Crippen LogP contribution in [-0.2, 0) is 6.54 Å². The molecule has 3 atom stereocenters. The largest absolute Gasteiger partial charge is 0.308 e. The molecule has 3 nitrogen and oxygen atoms in total. The quantitative estimate of drug-likeness (QED) is 0.798. The summed E-state index contributed by atoms with van der Waals surface area (Å²) in [6.07, 6.45) is 5.88. The van der Waals surface area contributed by atoms with E-state index in [1.807, 2.05) is 12.3 Å². The molecule has 3 heteroatoms. The van der Waals surface area contributed by atoms with Crippen molar-refractivity contribution in [2.45, 2.75) is 45.7 Å². The van der Waals surface area contributed by atoms with E-state index in [9.17, 15) is 0 Å². The fraction of sp³-hybridized carbons (Fsp3) is 0.750. The van der Waals surface area contributed by atoms with Crippen LogP contribution in [0.15, 0.2) is 12.3 Å². The van der Waals surface area contributed by atoms with Gasteiger partial charge >= 0.3 is 0 Å². The van der Waals surface area contributed by atoms with Gasteiger partial charge in [-0.1, -0.05) is 20.3 Å². The molecule has 0 bridgehead atoms. The lowest BCUT2D eigenvalue weighted by molar-refractivity contribution is 0.227. The fourth-order valence-electron chi connectivity index (χ4n) is 2.44. The van der Waals surface area contributed by atoms with Crippen molar-refractivity contribution < 1.29 is 0 Å². The number of hydrogen-bond donors (Lipinski definition) is 2. The van der Waals surface area contributed by atoms with Gasteiger partial charge in [0.15, 0.2) is 0 Å². The molecule has 1 aromatic rings. The SMILES string of the molecule is CC1CCC(C)C(NCc2ccn[nH]2)C1. The average molecular weight is 207 g/mol. The molecule has 1 saturated carbocycles. The van der Waals surface area contributed by atoms with Gasteiger partial charge < -0.3 is 5.32 Å². The Balaban J connectivity index is 1.82. The Bertz CT molecular complexity index is 281. The van der Waals surface area contributed by atoms with Crippen molar-refractivity contribution >= 4 is 0 Å². The van der Waals surface area contributed by atoms with Gasteiger partial charge in [0.05, 0.1) is 0 Å². The highest BCUT2D eigenvalue weighted by molar-refractivity contribution is 4.97. The van der Waals surface area contributed by atoms with Crippen molar-refractivity contribution in [3.63, 3.8) is 0 Å². The second-order valence-electron chi connectivity index (χ2n) is 4.96. The van der Waals surface area contributed by atoms with Crippen LogP contribution in [0.3, 0.4) is 0 Å². The van der Waals surface area contributed by atoms with E-state index in [0.29, 0.717) is 6.04 Å². The molecular weight excluding hydrogens is 186 g/mol. The van der Waals surface area contributed by atoms with Gasteiger partial charge in [0.2, 0.25) is 0 Å². The summed E-state index contributed by atoms with van der Waals surface area (Å²) in [4.78, 5) is 0. The minimum absolute atomic E-state index is 0.678. The van der Waals surface area contributed by atoms with Crippen LogP contribution in [-0.4, -0.2) is 16.2 Å². The van der Waals surface area contributed by atoms with Gasteiger partial charge in [-0.05, 0) is 30.7 Å². The van der Waals surface area contributed by atoms with Crippen LogP contribution in [0.4, 0.5) is 0 Å². The van der Waals surface area contributed by atoms with E-state index < -0.39 is 0 Å². The molecule has 0 saturated heterocycles. The summed E-state index contributed by atoms with van der Waals surface area (Å²) >= 11 is 0. The summed E-state index contributed by atoms with van der Waals surface area (Å²) in [6, 6.07) is 2.71. The molecule has 1 heterocycles. The number of nitrogens with one attached hydrogen (secondary N) is 2. The molecule has 0 aliphatic heterocycles. The van der Waals surface area contributed by atoms with E-state index in [1.165, 1.54) is 25.0 Å². The maximum absolute atomic E-state index is 3.95. The van der Waals surface area contributed by atoms with Crippen molar-refractivity contribution in [3.05, 3.63) is 18.0 Å². The minimum Gasteiger partial charge on any atom is -0.308 e. The third-order valence-electron chi connectivity index (χ3n) is 3.57. The molecule has 0 aromatic carbocycles. The highest BCUT2D eigenvalue weighted by Crippen LogP contribution is 2.28. The van der Waals surface area contributed by atoms with Gasteiger partial charge in [0, 0.05) is 24.5 Å². The number of aromatic amines is 1. The molecule has 2 rings (SSSR count). The first kappa shape index (κ1) is 10.7. The number of H-pyrrole nitrogens is 1. The topological polar surface area (TPSA) is 40.7 Å². The van der Waals surface area contributed by atoms with Gasteiger partial charge in [-0.2, -0.15) is 5.10 Å². The first-order valence-corrected chi connectivity index (χ1v) is 5.97. The van der Waals surface area contributed by atoms with Crippen LogP contribution in [0.25, 0.3) is 0 Å². The smallest absolute Gasteiger partial charge is 0.0490 e. The van der Waals surface area contributed by atoms with Crippen molar-refractivity contribution in [1.82, 2.24) is 15.5 Å². The molecule has 1 aromatic heterocycles. The van der Waals surface area contributed by atoms with Gasteiger partial charge in [-0.3, -0.25) is 5.10 Å². The van der Waals surface area contributed by atoms with Crippen LogP contribution in [0.1, 0.15) is 38.8 Å². The molecule has 1 aliphatic carbocycles. The Kier molecular flexibility index (Phi) is 3.41. The average Bonchev–Trinajstić information content (AvgIpc) is 2.72. The standard InChI is InChI=1S/C12H21N3/c1-9-3-4-10(2)12(7-9)13-8-11-5-6-14-15-11/h5-6,9-10,12-13H,3-4,7-8H2,1-2H3,(H,14,15). The summed E-state index contributed by atoms with van der Waals surface area (Å²) < 4.78 is 0. The zero-order valence-corrected chi connectivity index (χ0v) is 9.66. The zero-order chi connectivity index (χ0) is 10.7. The Hall–Kier alpha value is -0.830. The van der Waals surface area contributed by atoms with Gasteiger partial charge in [-0.25, -0.2) is 0 Å². The van der Waals surface area contributed by atoms with E-state index in [0.717, 1.165) is 18.4 Å².